The minimum absolute atomic E-state index is 0.00710. The summed E-state index contributed by atoms with van der Waals surface area (Å²) in [7, 11) is 2.99. The standard InChI is InChI=1S/C13H17Cl2NO3/c1-7(2)16-13(17)11(15)8-5-6-9(18-3)12(19-4)10(8)14/h5-7,11H,1-4H3,(H,16,17). The lowest BCUT2D eigenvalue weighted by molar-refractivity contribution is -0.121. The Balaban J connectivity index is 3.11. The second kappa shape index (κ2) is 6.87. The van der Waals surface area contributed by atoms with Gasteiger partial charge in [-0.3, -0.25) is 4.79 Å². The van der Waals surface area contributed by atoms with Gasteiger partial charge in [-0.2, -0.15) is 0 Å². The van der Waals surface area contributed by atoms with Gasteiger partial charge in [0, 0.05) is 11.6 Å². The van der Waals surface area contributed by atoms with Crippen LogP contribution in [-0.2, 0) is 4.79 Å². The maximum atomic E-state index is 11.9. The lowest BCUT2D eigenvalue weighted by atomic mass is 10.1. The van der Waals surface area contributed by atoms with E-state index in [4.69, 9.17) is 32.7 Å². The molecule has 0 fully saturated rings. The lowest BCUT2D eigenvalue weighted by Crippen LogP contribution is -2.32. The highest BCUT2D eigenvalue weighted by Crippen LogP contribution is 2.41. The van der Waals surface area contributed by atoms with E-state index in [0.717, 1.165) is 0 Å². The van der Waals surface area contributed by atoms with E-state index < -0.39 is 5.38 Å². The number of carbonyl (C=O) groups excluding carboxylic acids is 1. The number of methoxy groups -OCH3 is 2. The summed E-state index contributed by atoms with van der Waals surface area (Å²) in [5.74, 6) is 0.555. The van der Waals surface area contributed by atoms with E-state index in [9.17, 15) is 4.79 Å². The third kappa shape index (κ3) is 3.67. The molecule has 0 radical (unpaired) electrons. The largest absolute Gasteiger partial charge is 0.493 e. The van der Waals surface area contributed by atoms with Crippen LogP contribution in [0.1, 0.15) is 24.8 Å². The maximum Gasteiger partial charge on any atom is 0.242 e. The summed E-state index contributed by atoms with van der Waals surface area (Å²) in [4.78, 5) is 11.9. The molecule has 0 aliphatic carbocycles. The zero-order valence-electron chi connectivity index (χ0n) is 11.3. The quantitative estimate of drug-likeness (QED) is 0.850. The molecule has 0 aromatic heterocycles. The van der Waals surface area contributed by atoms with Gasteiger partial charge in [-0.1, -0.05) is 17.7 Å². The van der Waals surface area contributed by atoms with Gasteiger partial charge in [0.05, 0.1) is 19.2 Å². The van der Waals surface area contributed by atoms with Crippen LogP contribution in [0.15, 0.2) is 12.1 Å². The second-order valence-electron chi connectivity index (χ2n) is 4.23. The van der Waals surface area contributed by atoms with Crippen molar-refractivity contribution in [2.75, 3.05) is 14.2 Å². The molecular formula is C13H17Cl2NO3. The van der Waals surface area contributed by atoms with E-state index in [1.54, 1.807) is 12.1 Å². The first-order valence-corrected chi connectivity index (χ1v) is 6.58. The maximum absolute atomic E-state index is 11.9. The zero-order valence-corrected chi connectivity index (χ0v) is 12.8. The summed E-state index contributed by atoms with van der Waals surface area (Å²) < 4.78 is 10.3. The number of hydrogen-bond acceptors (Lipinski definition) is 3. The van der Waals surface area contributed by atoms with Crippen molar-refractivity contribution in [2.45, 2.75) is 25.3 Å². The minimum atomic E-state index is -0.880. The van der Waals surface area contributed by atoms with Crippen LogP contribution in [0, 0.1) is 0 Å². The molecule has 4 nitrogen and oxygen atoms in total. The van der Waals surface area contributed by atoms with E-state index in [2.05, 4.69) is 5.32 Å². The average Bonchev–Trinajstić information content (AvgIpc) is 2.36. The number of nitrogens with one attached hydrogen (secondary N) is 1. The molecule has 0 spiro atoms. The van der Waals surface area contributed by atoms with E-state index in [-0.39, 0.29) is 17.0 Å². The molecule has 1 unspecified atom stereocenters. The number of ether oxygens (including phenoxy) is 2. The normalized spacial score (nSPS) is 12.2. The number of halogens is 2. The highest BCUT2D eigenvalue weighted by atomic mass is 35.5. The molecule has 1 aromatic rings. The van der Waals surface area contributed by atoms with Crippen molar-refractivity contribution in [3.8, 4) is 11.5 Å². The van der Waals surface area contributed by atoms with E-state index in [1.807, 2.05) is 13.8 Å². The first kappa shape index (κ1) is 15.9. The Morgan fingerprint density at radius 3 is 2.37 bits per heavy atom. The van der Waals surface area contributed by atoms with Gasteiger partial charge < -0.3 is 14.8 Å². The predicted octanol–water partition coefficient (Wildman–Crippen LogP) is 3.16. The van der Waals surface area contributed by atoms with Crippen molar-refractivity contribution in [3.05, 3.63) is 22.7 Å². The molecule has 0 bridgehead atoms. The Morgan fingerprint density at radius 2 is 1.89 bits per heavy atom. The number of rotatable bonds is 5. The summed E-state index contributed by atoms with van der Waals surface area (Å²) in [5.41, 5.74) is 0.485. The summed E-state index contributed by atoms with van der Waals surface area (Å²) in [6.07, 6.45) is 0. The topological polar surface area (TPSA) is 47.6 Å². The summed E-state index contributed by atoms with van der Waals surface area (Å²) in [6, 6.07) is 3.33. The monoisotopic (exact) mass is 305 g/mol. The first-order chi connectivity index (χ1) is 8.92. The van der Waals surface area contributed by atoms with Crippen LogP contribution >= 0.6 is 23.2 Å². The molecule has 1 rings (SSSR count). The third-order valence-corrected chi connectivity index (χ3v) is 3.27. The van der Waals surface area contributed by atoms with Gasteiger partial charge in [0.25, 0.3) is 0 Å². The Morgan fingerprint density at radius 1 is 1.26 bits per heavy atom. The number of carbonyl (C=O) groups is 1. The first-order valence-electron chi connectivity index (χ1n) is 5.77. The van der Waals surface area contributed by atoms with Gasteiger partial charge in [0.1, 0.15) is 5.38 Å². The smallest absolute Gasteiger partial charge is 0.242 e. The zero-order chi connectivity index (χ0) is 14.6. The molecule has 6 heteroatoms. The fourth-order valence-electron chi connectivity index (χ4n) is 1.60. The van der Waals surface area contributed by atoms with Crippen LogP contribution < -0.4 is 14.8 Å². The second-order valence-corrected chi connectivity index (χ2v) is 5.04. The molecule has 0 heterocycles. The number of benzene rings is 1. The molecule has 1 amide bonds. The van der Waals surface area contributed by atoms with Crippen molar-refractivity contribution in [3.63, 3.8) is 0 Å². The van der Waals surface area contributed by atoms with Gasteiger partial charge in [-0.05, 0) is 19.9 Å². The van der Waals surface area contributed by atoms with Gasteiger partial charge in [0.15, 0.2) is 11.5 Å². The SMILES string of the molecule is COc1ccc(C(Cl)C(=O)NC(C)C)c(Cl)c1OC. The van der Waals surface area contributed by atoms with Crippen molar-refractivity contribution >= 4 is 29.1 Å². The molecule has 1 N–H and O–H groups in total. The van der Waals surface area contributed by atoms with Crippen LogP contribution in [0.25, 0.3) is 0 Å². The third-order valence-electron chi connectivity index (χ3n) is 2.45. The number of hydrogen-bond donors (Lipinski definition) is 1. The molecule has 0 saturated heterocycles. The van der Waals surface area contributed by atoms with Crippen molar-refractivity contribution in [1.82, 2.24) is 5.32 Å². The van der Waals surface area contributed by atoms with Gasteiger partial charge in [-0.25, -0.2) is 0 Å². The Labute approximate surface area is 123 Å². The van der Waals surface area contributed by atoms with Crippen molar-refractivity contribution < 1.29 is 14.3 Å². The van der Waals surface area contributed by atoms with Crippen LogP contribution in [0.3, 0.4) is 0 Å². The number of alkyl halides is 1. The van der Waals surface area contributed by atoms with Gasteiger partial charge in [0.2, 0.25) is 5.91 Å². The lowest BCUT2D eigenvalue weighted by Gasteiger charge is -2.17. The summed E-state index contributed by atoms with van der Waals surface area (Å²) >= 11 is 12.3. The van der Waals surface area contributed by atoms with Crippen molar-refractivity contribution in [1.29, 1.82) is 0 Å². The molecule has 0 aliphatic heterocycles. The highest BCUT2D eigenvalue weighted by molar-refractivity contribution is 6.37. The molecule has 1 atom stereocenters. The van der Waals surface area contributed by atoms with E-state index in [1.165, 1.54) is 14.2 Å². The molecular weight excluding hydrogens is 289 g/mol. The Kier molecular flexibility index (Phi) is 5.76. The summed E-state index contributed by atoms with van der Waals surface area (Å²) in [5, 5.41) is 2.13. The van der Waals surface area contributed by atoms with Crippen LogP contribution in [0.5, 0.6) is 11.5 Å². The number of amides is 1. The van der Waals surface area contributed by atoms with E-state index >= 15 is 0 Å². The molecule has 0 aliphatic rings. The van der Waals surface area contributed by atoms with Gasteiger partial charge in [-0.15, -0.1) is 11.6 Å². The minimum Gasteiger partial charge on any atom is -0.493 e. The van der Waals surface area contributed by atoms with Crippen molar-refractivity contribution in [2.24, 2.45) is 0 Å². The molecule has 106 valence electrons. The van der Waals surface area contributed by atoms with Crippen LogP contribution in [0.2, 0.25) is 5.02 Å². The molecule has 0 saturated carbocycles. The fraction of sp³-hybridized carbons (Fsp3) is 0.462. The van der Waals surface area contributed by atoms with Crippen LogP contribution in [-0.4, -0.2) is 26.2 Å². The predicted molar refractivity (Wildman–Crippen MR) is 76.4 cm³/mol. The van der Waals surface area contributed by atoms with E-state index in [0.29, 0.717) is 17.1 Å². The Bertz CT molecular complexity index is 463. The molecule has 1 aromatic carbocycles. The molecule has 19 heavy (non-hydrogen) atoms. The van der Waals surface area contributed by atoms with Gasteiger partial charge >= 0.3 is 0 Å². The Hall–Kier alpha value is -1.13. The fourth-order valence-corrected chi connectivity index (χ4v) is 2.24. The highest BCUT2D eigenvalue weighted by Gasteiger charge is 2.24. The average molecular weight is 306 g/mol. The van der Waals surface area contributed by atoms with Crippen LogP contribution in [0.4, 0.5) is 0 Å². The summed E-state index contributed by atoms with van der Waals surface area (Å²) in [6.45, 7) is 3.72.